The molecule has 0 N–H and O–H groups in total. The number of rotatable bonds is 3. The van der Waals surface area contributed by atoms with Crippen LogP contribution in [-0.2, 0) is 0 Å². The van der Waals surface area contributed by atoms with Gasteiger partial charge in [0, 0.05) is 23.4 Å². The zero-order valence-electron chi connectivity index (χ0n) is 12.2. The maximum absolute atomic E-state index is 14.0. The third-order valence-electron chi connectivity index (χ3n) is 3.64. The van der Waals surface area contributed by atoms with Crippen molar-refractivity contribution >= 4 is 17.7 Å². The molecule has 3 nitrogen and oxygen atoms in total. The van der Waals surface area contributed by atoms with E-state index in [0.717, 1.165) is 5.75 Å². The summed E-state index contributed by atoms with van der Waals surface area (Å²) in [6, 6.07) is 13.7. The van der Waals surface area contributed by atoms with Gasteiger partial charge in [0.2, 0.25) is 0 Å². The van der Waals surface area contributed by atoms with Crippen LogP contribution in [0.15, 0.2) is 48.5 Å². The van der Waals surface area contributed by atoms with Crippen LogP contribution in [0.4, 0.5) is 4.39 Å². The predicted molar refractivity (Wildman–Crippen MR) is 85.6 cm³/mol. The molecule has 0 spiro atoms. The highest BCUT2D eigenvalue weighted by atomic mass is 32.2. The highest BCUT2D eigenvalue weighted by Crippen LogP contribution is 2.39. The minimum absolute atomic E-state index is 0.0999. The number of thioether (sulfide) groups is 1. The van der Waals surface area contributed by atoms with Crippen molar-refractivity contribution in [2.45, 2.75) is 5.37 Å². The molecule has 1 amide bonds. The van der Waals surface area contributed by atoms with E-state index in [-0.39, 0.29) is 17.1 Å². The minimum Gasteiger partial charge on any atom is -0.497 e. The minimum atomic E-state index is -0.278. The van der Waals surface area contributed by atoms with Crippen LogP contribution in [0.3, 0.4) is 0 Å². The Morgan fingerprint density at radius 2 is 2.09 bits per heavy atom. The molecular weight excluding hydrogens is 301 g/mol. The molecule has 2 aromatic rings. The smallest absolute Gasteiger partial charge is 0.255 e. The van der Waals surface area contributed by atoms with E-state index < -0.39 is 0 Å². The fourth-order valence-electron chi connectivity index (χ4n) is 2.53. The van der Waals surface area contributed by atoms with Crippen LogP contribution in [0, 0.1) is 5.82 Å². The summed E-state index contributed by atoms with van der Waals surface area (Å²) in [6.07, 6.45) is 0. The first kappa shape index (κ1) is 14.9. The summed E-state index contributed by atoms with van der Waals surface area (Å²) >= 11 is 1.58. The molecule has 0 aliphatic carbocycles. The molecule has 1 unspecified atom stereocenters. The molecule has 3 rings (SSSR count). The largest absolute Gasteiger partial charge is 0.497 e. The molecule has 114 valence electrons. The summed E-state index contributed by atoms with van der Waals surface area (Å²) in [7, 11) is 1.57. The number of ether oxygens (including phenoxy) is 1. The van der Waals surface area contributed by atoms with E-state index in [1.807, 2.05) is 0 Å². The van der Waals surface area contributed by atoms with Gasteiger partial charge in [-0.25, -0.2) is 4.39 Å². The van der Waals surface area contributed by atoms with E-state index in [9.17, 15) is 9.18 Å². The molecule has 1 saturated heterocycles. The van der Waals surface area contributed by atoms with Gasteiger partial charge in [0.25, 0.3) is 5.91 Å². The van der Waals surface area contributed by atoms with E-state index in [1.165, 1.54) is 6.07 Å². The lowest BCUT2D eigenvalue weighted by Crippen LogP contribution is -2.30. The first-order valence-electron chi connectivity index (χ1n) is 7.02. The van der Waals surface area contributed by atoms with Gasteiger partial charge in [0.15, 0.2) is 0 Å². The number of hydrogen-bond donors (Lipinski definition) is 0. The molecule has 1 heterocycles. The molecule has 0 bridgehead atoms. The van der Waals surface area contributed by atoms with Gasteiger partial charge in [-0.2, -0.15) is 0 Å². The van der Waals surface area contributed by atoms with E-state index in [2.05, 4.69) is 0 Å². The van der Waals surface area contributed by atoms with Crippen molar-refractivity contribution < 1.29 is 13.9 Å². The molecule has 1 atom stereocenters. The summed E-state index contributed by atoms with van der Waals surface area (Å²) in [4.78, 5) is 14.5. The quantitative estimate of drug-likeness (QED) is 0.864. The third-order valence-corrected chi connectivity index (χ3v) is 4.88. The summed E-state index contributed by atoms with van der Waals surface area (Å²) in [5, 5.41) is -0.278. The zero-order valence-corrected chi connectivity index (χ0v) is 13.0. The van der Waals surface area contributed by atoms with Gasteiger partial charge in [-0.05, 0) is 24.3 Å². The van der Waals surface area contributed by atoms with Crippen LogP contribution < -0.4 is 4.74 Å². The molecule has 22 heavy (non-hydrogen) atoms. The number of nitrogens with zero attached hydrogens (tertiary/aromatic N) is 1. The Morgan fingerprint density at radius 1 is 1.27 bits per heavy atom. The van der Waals surface area contributed by atoms with Crippen molar-refractivity contribution in [3.05, 3.63) is 65.5 Å². The molecule has 2 aromatic carbocycles. The van der Waals surface area contributed by atoms with Crippen LogP contribution in [-0.4, -0.2) is 30.2 Å². The van der Waals surface area contributed by atoms with Crippen LogP contribution in [0.2, 0.25) is 0 Å². The topological polar surface area (TPSA) is 29.5 Å². The second-order valence-corrected chi connectivity index (χ2v) is 6.16. The van der Waals surface area contributed by atoms with E-state index >= 15 is 0 Å². The van der Waals surface area contributed by atoms with Crippen LogP contribution in [0.1, 0.15) is 21.3 Å². The van der Waals surface area contributed by atoms with Crippen molar-refractivity contribution in [2.75, 3.05) is 19.4 Å². The van der Waals surface area contributed by atoms with Crippen molar-refractivity contribution in [1.29, 1.82) is 0 Å². The molecule has 0 radical (unpaired) electrons. The second kappa shape index (κ2) is 6.40. The van der Waals surface area contributed by atoms with Gasteiger partial charge >= 0.3 is 0 Å². The fraction of sp³-hybridized carbons (Fsp3) is 0.235. The Labute approximate surface area is 133 Å². The Hall–Kier alpha value is -2.01. The molecule has 0 saturated carbocycles. The summed E-state index contributed by atoms with van der Waals surface area (Å²) in [6.45, 7) is 0.611. The lowest BCUT2D eigenvalue weighted by Gasteiger charge is -2.24. The Balaban J connectivity index is 1.89. The molecule has 0 aromatic heterocycles. The molecule has 1 fully saturated rings. The lowest BCUT2D eigenvalue weighted by atomic mass is 10.1. The lowest BCUT2D eigenvalue weighted by molar-refractivity contribution is 0.0758. The number of carbonyl (C=O) groups excluding carboxylic acids is 1. The number of hydrogen-bond acceptors (Lipinski definition) is 3. The van der Waals surface area contributed by atoms with Gasteiger partial charge in [-0.3, -0.25) is 4.79 Å². The van der Waals surface area contributed by atoms with E-state index in [0.29, 0.717) is 23.4 Å². The molecular formula is C17H16FNO2S. The Morgan fingerprint density at radius 3 is 2.86 bits per heavy atom. The van der Waals surface area contributed by atoms with Crippen molar-refractivity contribution in [3.63, 3.8) is 0 Å². The highest BCUT2D eigenvalue weighted by molar-refractivity contribution is 7.99. The Bertz CT molecular complexity index is 692. The van der Waals surface area contributed by atoms with Crippen molar-refractivity contribution in [1.82, 2.24) is 4.90 Å². The molecule has 1 aliphatic heterocycles. The normalized spacial score (nSPS) is 17.5. The van der Waals surface area contributed by atoms with E-state index in [4.69, 9.17) is 4.74 Å². The number of halogens is 1. The van der Waals surface area contributed by atoms with Gasteiger partial charge in [-0.1, -0.05) is 24.3 Å². The first-order chi connectivity index (χ1) is 10.7. The SMILES string of the molecule is COc1cccc(C(=O)N2CCSC2c2ccccc2F)c1. The maximum atomic E-state index is 14.0. The average molecular weight is 317 g/mol. The summed E-state index contributed by atoms with van der Waals surface area (Å²) in [5.74, 6) is 1.07. The zero-order chi connectivity index (χ0) is 15.5. The van der Waals surface area contributed by atoms with Crippen LogP contribution in [0.25, 0.3) is 0 Å². The monoisotopic (exact) mass is 317 g/mol. The standard InChI is InChI=1S/C17H16FNO2S/c1-21-13-6-4-5-12(11-13)16(20)19-9-10-22-17(19)14-7-2-3-8-15(14)18/h2-8,11,17H,9-10H2,1H3. The first-order valence-corrected chi connectivity index (χ1v) is 8.06. The van der Waals surface area contributed by atoms with Gasteiger partial charge in [0.1, 0.15) is 16.9 Å². The predicted octanol–water partition coefficient (Wildman–Crippen LogP) is 3.72. The fourth-order valence-corrected chi connectivity index (χ4v) is 3.81. The van der Waals surface area contributed by atoms with Crippen molar-refractivity contribution in [3.8, 4) is 5.75 Å². The van der Waals surface area contributed by atoms with Crippen LogP contribution >= 0.6 is 11.8 Å². The number of carbonyl (C=O) groups is 1. The van der Waals surface area contributed by atoms with Gasteiger partial charge in [0.05, 0.1) is 7.11 Å². The maximum Gasteiger partial charge on any atom is 0.255 e. The third kappa shape index (κ3) is 2.81. The summed E-state index contributed by atoms with van der Waals surface area (Å²) < 4.78 is 19.2. The number of methoxy groups -OCH3 is 1. The van der Waals surface area contributed by atoms with Crippen molar-refractivity contribution in [2.24, 2.45) is 0 Å². The molecule has 1 aliphatic rings. The second-order valence-electron chi connectivity index (χ2n) is 4.98. The van der Waals surface area contributed by atoms with Crippen LogP contribution in [0.5, 0.6) is 5.75 Å². The average Bonchev–Trinajstić information content (AvgIpc) is 3.04. The molecule has 5 heteroatoms. The highest BCUT2D eigenvalue weighted by Gasteiger charge is 2.32. The van der Waals surface area contributed by atoms with E-state index in [1.54, 1.807) is 66.2 Å². The summed E-state index contributed by atoms with van der Waals surface area (Å²) in [5.41, 5.74) is 1.12. The van der Waals surface area contributed by atoms with Gasteiger partial charge < -0.3 is 9.64 Å². The number of benzene rings is 2. The number of amides is 1. The van der Waals surface area contributed by atoms with Gasteiger partial charge in [-0.15, -0.1) is 11.8 Å². The Kier molecular flexibility index (Phi) is 4.34.